The molecule has 0 aliphatic heterocycles. The van der Waals surface area contributed by atoms with Gasteiger partial charge < -0.3 is 9.47 Å². The number of fused-ring (bicyclic) bond motifs is 8. The van der Waals surface area contributed by atoms with Crippen LogP contribution >= 0.6 is 11.3 Å². The molecule has 2 heterocycles. The number of benzene rings is 9. The largest absolute Gasteiger partial charge is 0.310 e. The molecule has 0 amide bonds. The van der Waals surface area contributed by atoms with E-state index in [4.69, 9.17) is 0 Å². The summed E-state index contributed by atoms with van der Waals surface area (Å²) in [6, 6.07) is 71.1. The third-order valence-electron chi connectivity index (χ3n) is 10.7. The van der Waals surface area contributed by atoms with Gasteiger partial charge >= 0.3 is 0 Å². The Morgan fingerprint density at radius 2 is 0.981 bits per heavy atom. The predicted molar refractivity (Wildman–Crippen MR) is 229 cm³/mol. The van der Waals surface area contributed by atoms with Crippen molar-refractivity contribution in [2.45, 2.75) is 0 Å². The standard InChI is InChI=1S/C50H32N2S/c1-2-11-34-28-38(21-20-33(34)10-1)35-14-9-15-41(29-35)51(42-26-27-50-46(32-42)44-17-6-8-19-49(44)53-50)39-22-24-40(25-23-39)52-47-18-7-5-16-43(47)45-30-36-12-3-4-13-37(36)31-48(45)52/h1-32H. The van der Waals surface area contributed by atoms with Crippen molar-refractivity contribution in [1.82, 2.24) is 4.57 Å². The van der Waals surface area contributed by atoms with E-state index in [0.29, 0.717) is 0 Å². The van der Waals surface area contributed by atoms with Crippen molar-refractivity contribution in [3.63, 3.8) is 0 Å². The summed E-state index contributed by atoms with van der Waals surface area (Å²) in [7, 11) is 0. The molecule has 0 saturated heterocycles. The van der Waals surface area contributed by atoms with Gasteiger partial charge in [-0.2, -0.15) is 0 Å². The van der Waals surface area contributed by atoms with E-state index in [1.54, 1.807) is 0 Å². The molecule has 11 rings (SSSR count). The van der Waals surface area contributed by atoms with Crippen LogP contribution in [-0.4, -0.2) is 4.57 Å². The van der Waals surface area contributed by atoms with Gasteiger partial charge in [-0.3, -0.25) is 0 Å². The first-order valence-corrected chi connectivity index (χ1v) is 18.9. The molecule has 0 N–H and O–H groups in total. The fourth-order valence-electron chi connectivity index (χ4n) is 8.18. The summed E-state index contributed by atoms with van der Waals surface area (Å²) >= 11 is 1.86. The third-order valence-corrected chi connectivity index (χ3v) is 11.9. The predicted octanol–water partition coefficient (Wildman–Crippen LogP) is 14.6. The van der Waals surface area contributed by atoms with Crippen LogP contribution in [0, 0.1) is 0 Å². The molecule has 11 aromatic rings. The molecule has 2 aromatic heterocycles. The lowest BCUT2D eigenvalue weighted by Crippen LogP contribution is -2.10. The molecule has 9 aromatic carbocycles. The SMILES string of the molecule is c1cc(-c2ccc3ccccc3c2)cc(N(c2ccc(-n3c4ccccc4c4cc5ccccc5cc43)cc2)c2ccc3sc4ccccc4c3c2)c1. The number of rotatable bonds is 5. The fraction of sp³-hybridized carbons (Fsp3) is 0. The summed E-state index contributed by atoms with van der Waals surface area (Å²) < 4.78 is 5.02. The Hall–Kier alpha value is -6.68. The highest BCUT2D eigenvalue weighted by Crippen LogP contribution is 2.42. The molecule has 0 radical (unpaired) electrons. The van der Waals surface area contributed by atoms with Crippen molar-refractivity contribution in [3.05, 3.63) is 194 Å². The Morgan fingerprint density at radius 1 is 0.340 bits per heavy atom. The molecule has 3 heteroatoms. The molecular formula is C50H32N2S. The second kappa shape index (κ2) is 11.9. The number of anilines is 3. The van der Waals surface area contributed by atoms with Gasteiger partial charge in [0.15, 0.2) is 0 Å². The van der Waals surface area contributed by atoms with E-state index in [1.165, 1.54) is 74.6 Å². The van der Waals surface area contributed by atoms with Crippen LogP contribution in [0.5, 0.6) is 0 Å². The van der Waals surface area contributed by atoms with E-state index in [1.807, 2.05) is 11.3 Å². The number of nitrogens with zero attached hydrogens (tertiary/aromatic N) is 2. The van der Waals surface area contributed by atoms with E-state index in [0.717, 1.165) is 22.7 Å². The molecule has 248 valence electrons. The lowest BCUT2D eigenvalue weighted by Gasteiger charge is -2.26. The molecule has 0 bridgehead atoms. The van der Waals surface area contributed by atoms with E-state index in [9.17, 15) is 0 Å². The minimum Gasteiger partial charge on any atom is -0.310 e. The van der Waals surface area contributed by atoms with Crippen LogP contribution in [0.3, 0.4) is 0 Å². The van der Waals surface area contributed by atoms with Crippen LogP contribution in [-0.2, 0) is 0 Å². The lowest BCUT2D eigenvalue weighted by molar-refractivity contribution is 1.17. The van der Waals surface area contributed by atoms with Crippen molar-refractivity contribution < 1.29 is 0 Å². The molecule has 0 unspecified atom stereocenters. The molecule has 0 atom stereocenters. The van der Waals surface area contributed by atoms with Gasteiger partial charge in [0.1, 0.15) is 0 Å². The Labute approximate surface area is 311 Å². The summed E-state index contributed by atoms with van der Waals surface area (Å²) in [5, 5.41) is 10.1. The maximum atomic E-state index is 2.41. The monoisotopic (exact) mass is 692 g/mol. The first-order chi connectivity index (χ1) is 26.2. The van der Waals surface area contributed by atoms with Gasteiger partial charge in [-0.1, -0.05) is 109 Å². The van der Waals surface area contributed by atoms with Gasteiger partial charge in [-0.15, -0.1) is 11.3 Å². The highest BCUT2D eigenvalue weighted by Gasteiger charge is 2.18. The first-order valence-electron chi connectivity index (χ1n) is 18.1. The number of para-hydroxylation sites is 1. The quantitative estimate of drug-likeness (QED) is 0.174. The lowest BCUT2D eigenvalue weighted by atomic mass is 10.0. The average Bonchev–Trinajstić information content (AvgIpc) is 3.75. The number of thiophene rings is 1. The second-order valence-corrected chi connectivity index (χ2v) is 14.9. The Morgan fingerprint density at radius 3 is 1.83 bits per heavy atom. The van der Waals surface area contributed by atoms with Gasteiger partial charge in [0.05, 0.1) is 11.0 Å². The molecule has 2 nitrogen and oxygen atoms in total. The van der Waals surface area contributed by atoms with Crippen molar-refractivity contribution in [2.24, 2.45) is 0 Å². The highest BCUT2D eigenvalue weighted by atomic mass is 32.1. The normalized spacial score (nSPS) is 11.8. The van der Waals surface area contributed by atoms with E-state index < -0.39 is 0 Å². The summed E-state index contributed by atoms with van der Waals surface area (Å²) in [5.74, 6) is 0. The van der Waals surface area contributed by atoms with Crippen molar-refractivity contribution in [3.8, 4) is 16.8 Å². The van der Waals surface area contributed by atoms with Gasteiger partial charge in [-0.25, -0.2) is 0 Å². The molecule has 0 aliphatic carbocycles. The summed E-state index contributed by atoms with van der Waals surface area (Å²) in [4.78, 5) is 2.40. The molecule has 53 heavy (non-hydrogen) atoms. The average molecular weight is 693 g/mol. The summed E-state index contributed by atoms with van der Waals surface area (Å²) in [5.41, 5.74) is 9.31. The second-order valence-electron chi connectivity index (χ2n) is 13.8. The third kappa shape index (κ3) is 4.93. The number of hydrogen-bond donors (Lipinski definition) is 0. The number of aromatic nitrogens is 1. The minimum atomic E-state index is 1.11. The maximum Gasteiger partial charge on any atom is 0.0547 e. The molecule has 0 spiro atoms. The zero-order chi connectivity index (χ0) is 34.9. The van der Waals surface area contributed by atoms with E-state index in [2.05, 4.69) is 204 Å². The molecule has 0 fully saturated rings. The van der Waals surface area contributed by atoms with Crippen molar-refractivity contribution >= 4 is 91.9 Å². The molecule has 0 saturated carbocycles. The van der Waals surface area contributed by atoms with Crippen LogP contribution in [0.25, 0.3) is 80.3 Å². The first kappa shape index (κ1) is 30.0. The van der Waals surface area contributed by atoms with E-state index >= 15 is 0 Å². The highest BCUT2D eigenvalue weighted by molar-refractivity contribution is 7.25. The maximum absolute atomic E-state index is 2.41. The minimum absolute atomic E-state index is 1.11. The zero-order valence-electron chi connectivity index (χ0n) is 28.8. The van der Waals surface area contributed by atoms with Gasteiger partial charge in [0.2, 0.25) is 0 Å². The van der Waals surface area contributed by atoms with Crippen molar-refractivity contribution in [2.75, 3.05) is 4.90 Å². The topological polar surface area (TPSA) is 8.17 Å². The van der Waals surface area contributed by atoms with Crippen LogP contribution in [0.4, 0.5) is 17.1 Å². The summed E-state index contributed by atoms with van der Waals surface area (Å²) in [6.45, 7) is 0. The smallest absolute Gasteiger partial charge is 0.0547 e. The molecular weight excluding hydrogens is 661 g/mol. The van der Waals surface area contributed by atoms with Crippen LogP contribution < -0.4 is 4.90 Å². The van der Waals surface area contributed by atoms with Crippen LogP contribution in [0.15, 0.2) is 194 Å². The summed E-state index contributed by atoms with van der Waals surface area (Å²) in [6.07, 6.45) is 0. The number of hydrogen-bond acceptors (Lipinski definition) is 2. The van der Waals surface area contributed by atoms with Gasteiger partial charge in [0.25, 0.3) is 0 Å². The fourth-order valence-corrected chi connectivity index (χ4v) is 9.26. The zero-order valence-corrected chi connectivity index (χ0v) is 29.6. The van der Waals surface area contributed by atoms with Crippen LogP contribution in [0.1, 0.15) is 0 Å². The van der Waals surface area contributed by atoms with Crippen LogP contribution in [0.2, 0.25) is 0 Å². The Bertz CT molecular complexity index is 3180. The Kier molecular flexibility index (Phi) is 6.76. The van der Waals surface area contributed by atoms with Crippen molar-refractivity contribution in [1.29, 1.82) is 0 Å². The molecule has 0 aliphatic rings. The Balaban J connectivity index is 1.08. The van der Waals surface area contributed by atoms with E-state index in [-0.39, 0.29) is 0 Å². The van der Waals surface area contributed by atoms with Gasteiger partial charge in [0, 0.05) is 53.7 Å². The van der Waals surface area contributed by atoms with Gasteiger partial charge in [-0.05, 0) is 118 Å².